The molecule has 1 heterocycles. The van der Waals surface area contributed by atoms with Crippen LogP contribution in [0, 0.1) is 5.41 Å². The molecule has 0 saturated heterocycles. The number of hydrogen-bond donors (Lipinski definition) is 0. The molecule has 1 aliphatic heterocycles. The third-order valence-corrected chi connectivity index (χ3v) is 8.33. The van der Waals surface area contributed by atoms with Crippen molar-refractivity contribution >= 4 is 51.0 Å². The SMILES string of the molecule is CCCC(=O)OCC1(COC2(c3ccc(Cl)cc3)c3c(Cl)cccc3C(=O)N2Cc2ccc(Br)cc2)CC1. The standard InChI is InChI=1S/C30H28BrCl2NO4/c1-2-4-26(35)37-18-29(15-16-29)19-38-30(21-9-13-23(32)14-10-21)27-24(5-3-6-25(27)33)28(36)34(30)17-20-7-11-22(31)12-8-20/h3,5-14H,2,4,15-19H2,1H3. The minimum atomic E-state index is -1.29. The molecule has 0 radical (unpaired) electrons. The Bertz CT molecular complexity index is 1340. The first-order valence-electron chi connectivity index (χ1n) is 12.7. The molecule has 8 heteroatoms. The smallest absolute Gasteiger partial charge is 0.305 e. The van der Waals surface area contributed by atoms with E-state index in [4.69, 9.17) is 32.7 Å². The second-order valence-corrected chi connectivity index (χ2v) is 11.8. The predicted molar refractivity (Wildman–Crippen MR) is 151 cm³/mol. The maximum atomic E-state index is 14.0. The fraction of sp³-hybridized carbons (Fsp3) is 0.333. The number of hydrogen-bond acceptors (Lipinski definition) is 4. The summed E-state index contributed by atoms with van der Waals surface area (Å²) in [5, 5.41) is 1.02. The van der Waals surface area contributed by atoms with Crippen molar-refractivity contribution in [2.75, 3.05) is 13.2 Å². The minimum Gasteiger partial charge on any atom is -0.465 e. The zero-order valence-electron chi connectivity index (χ0n) is 21.0. The van der Waals surface area contributed by atoms with Crippen molar-refractivity contribution in [2.24, 2.45) is 5.41 Å². The van der Waals surface area contributed by atoms with Crippen LogP contribution < -0.4 is 0 Å². The fourth-order valence-corrected chi connectivity index (χ4v) is 5.60. The van der Waals surface area contributed by atoms with Crippen LogP contribution >= 0.6 is 39.1 Å². The van der Waals surface area contributed by atoms with Crippen LogP contribution in [0.2, 0.25) is 10.0 Å². The van der Waals surface area contributed by atoms with Gasteiger partial charge in [0, 0.05) is 49.6 Å². The highest BCUT2D eigenvalue weighted by molar-refractivity contribution is 9.10. The zero-order chi connectivity index (χ0) is 26.9. The Kier molecular flexibility index (Phi) is 7.88. The van der Waals surface area contributed by atoms with Crippen molar-refractivity contribution < 1.29 is 19.1 Å². The molecule has 5 nitrogen and oxygen atoms in total. The van der Waals surface area contributed by atoms with Gasteiger partial charge in [-0.1, -0.05) is 76.4 Å². The van der Waals surface area contributed by atoms with Crippen LogP contribution in [-0.2, 0) is 26.5 Å². The number of carbonyl (C=O) groups excluding carboxylic acids is 2. The van der Waals surface area contributed by atoms with E-state index < -0.39 is 5.72 Å². The largest absolute Gasteiger partial charge is 0.465 e. The van der Waals surface area contributed by atoms with Crippen molar-refractivity contribution in [3.63, 3.8) is 0 Å². The van der Waals surface area contributed by atoms with Gasteiger partial charge in [0.25, 0.3) is 5.91 Å². The molecule has 1 fully saturated rings. The van der Waals surface area contributed by atoms with Gasteiger partial charge in [0.15, 0.2) is 5.72 Å². The second-order valence-electron chi connectivity index (χ2n) is 10.0. The number of benzene rings is 3. The summed E-state index contributed by atoms with van der Waals surface area (Å²) in [5.74, 6) is -0.368. The quantitative estimate of drug-likeness (QED) is 0.219. The Balaban J connectivity index is 1.57. The Morgan fingerprint density at radius 2 is 1.71 bits per heavy atom. The Hall–Kier alpha value is -2.38. The van der Waals surface area contributed by atoms with Gasteiger partial charge in [-0.05, 0) is 61.2 Å². The second kappa shape index (κ2) is 11.0. The first kappa shape index (κ1) is 27.2. The van der Waals surface area contributed by atoms with Crippen LogP contribution in [0.25, 0.3) is 0 Å². The van der Waals surface area contributed by atoms with Gasteiger partial charge in [-0.3, -0.25) is 14.5 Å². The number of halogens is 3. The molecule has 0 bridgehead atoms. The van der Waals surface area contributed by atoms with Crippen LogP contribution in [0.5, 0.6) is 0 Å². The Morgan fingerprint density at radius 1 is 1.00 bits per heavy atom. The molecule has 1 saturated carbocycles. The first-order chi connectivity index (χ1) is 18.3. The van der Waals surface area contributed by atoms with Crippen LogP contribution in [0.1, 0.15) is 59.7 Å². The van der Waals surface area contributed by atoms with Gasteiger partial charge in [-0.25, -0.2) is 0 Å². The topological polar surface area (TPSA) is 55.8 Å². The number of ether oxygens (including phenoxy) is 2. The summed E-state index contributed by atoms with van der Waals surface area (Å²) in [6.45, 7) is 2.84. The monoisotopic (exact) mass is 615 g/mol. The van der Waals surface area contributed by atoms with Gasteiger partial charge in [0.1, 0.15) is 0 Å². The average Bonchev–Trinajstić information content (AvgIpc) is 3.64. The first-order valence-corrected chi connectivity index (χ1v) is 14.2. The number of esters is 1. The van der Waals surface area contributed by atoms with Gasteiger partial charge >= 0.3 is 5.97 Å². The Morgan fingerprint density at radius 3 is 2.37 bits per heavy atom. The molecule has 38 heavy (non-hydrogen) atoms. The molecule has 0 spiro atoms. The number of nitrogens with zero attached hydrogens (tertiary/aromatic N) is 1. The van der Waals surface area contributed by atoms with Crippen LogP contribution in [0.4, 0.5) is 0 Å². The summed E-state index contributed by atoms with van der Waals surface area (Å²) in [6.07, 6.45) is 2.88. The molecular formula is C30H28BrCl2NO4. The molecule has 1 unspecified atom stereocenters. The third-order valence-electron chi connectivity index (χ3n) is 7.24. The van der Waals surface area contributed by atoms with E-state index in [1.165, 1.54) is 0 Å². The van der Waals surface area contributed by atoms with Gasteiger partial charge < -0.3 is 9.47 Å². The summed E-state index contributed by atoms with van der Waals surface area (Å²) >= 11 is 16.6. The molecule has 0 aromatic heterocycles. The number of rotatable bonds is 10. The lowest BCUT2D eigenvalue weighted by Gasteiger charge is -2.41. The zero-order valence-corrected chi connectivity index (χ0v) is 24.1. The lowest BCUT2D eigenvalue weighted by molar-refractivity contribution is -0.151. The molecule has 3 aromatic carbocycles. The van der Waals surface area contributed by atoms with Crippen LogP contribution in [0.3, 0.4) is 0 Å². The van der Waals surface area contributed by atoms with Crippen molar-refractivity contribution in [1.29, 1.82) is 0 Å². The van der Waals surface area contributed by atoms with E-state index in [1.54, 1.807) is 35.2 Å². The molecule has 5 rings (SSSR count). The Labute approximate surface area is 241 Å². The lowest BCUT2D eigenvalue weighted by atomic mass is 9.92. The molecule has 3 aromatic rings. The predicted octanol–water partition coefficient (Wildman–Crippen LogP) is 7.75. The van der Waals surface area contributed by atoms with Gasteiger partial charge in [0.05, 0.1) is 13.2 Å². The van der Waals surface area contributed by atoms with E-state index in [0.29, 0.717) is 47.4 Å². The highest BCUT2D eigenvalue weighted by atomic mass is 79.9. The molecule has 1 amide bonds. The maximum Gasteiger partial charge on any atom is 0.305 e. The summed E-state index contributed by atoms with van der Waals surface area (Å²) in [7, 11) is 0. The molecule has 0 N–H and O–H groups in total. The van der Waals surface area contributed by atoms with E-state index in [2.05, 4.69) is 15.9 Å². The normalized spacial score (nSPS) is 19.4. The summed E-state index contributed by atoms with van der Waals surface area (Å²) in [4.78, 5) is 27.8. The number of amides is 1. The summed E-state index contributed by atoms with van der Waals surface area (Å²) in [5.41, 5.74) is 1.23. The molecule has 1 atom stereocenters. The molecule has 198 valence electrons. The number of fused-ring (bicyclic) bond motifs is 1. The van der Waals surface area contributed by atoms with Crippen molar-refractivity contribution in [2.45, 2.75) is 44.9 Å². The van der Waals surface area contributed by atoms with E-state index in [-0.39, 0.29) is 17.3 Å². The number of carbonyl (C=O) groups is 2. The average molecular weight is 617 g/mol. The van der Waals surface area contributed by atoms with Gasteiger partial charge in [-0.15, -0.1) is 0 Å². The third kappa shape index (κ3) is 5.24. The summed E-state index contributed by atoms with van der Waals surface area (Å²) < 4.78 is 13.4. The highest BCUT2D eigenvalue weighted by Gasteiger charge is 2.56. The van der Waals surface area contributed by atoms with E-state index in [9.17, 15) is 9.59 Å². The lowest BCUT2D eigenvalue weighted by Crippen LogP contribution is -2.47. The van der Waals surface area contributed by atoms with E-state index in [1.807, 2.05) is 43.3 Å². The minimum absolute atomic E-state index is 0.167. The van der Waals surface area contributed by atoms with Crippen molar-refractivity contribution in [1.82, 2.24) is 4.90 Å². The van der Waals surface area contributed by atoms with E-state index >= 15 is 0 Å². The highest BCUT2D eigenvalue weighted by Crippen LogP contribution is 2.53. The van der Waals surface area contributed by atoms with Gasteiger partial charge in [-0.2, -0.15) is 0 Å². The molecule has 1 aliphatic carbocycles. The molecular weight excluding hydrogens is 589 g/mol. The van der Waals surface area contributed by atoms with Crippen LogP contribution in [0.15, 0.2) is 71.2 Å². The maximum absolute atomic E-state index is 14.0. The fourth-order valence-electron chi connectivity index (χ4n) is 4.91. The van der Waals surface area contributed by atoms with Crippen molar-refractivity contribution in [3.05, 3.63) is 104 Å². The van der Waals surface area contributed by atoms with E-state index in [0.717, 1.165) is 34.9 Å². The van der Waals surface area contributed by atoms with Crippen molar-refractivity contribution in [3.8, 4) is 0 Å². The molecule has 2 aliphatic rings. The van der Waals surface area contributed by atoms with Crippen LogP contribution in [-0.4, -0.2) is 30.0 Å². The van der Waals surface area contributed by atoms with Gasteiger partial charge in [0.2, 0.25) is 0 Å². The summed E-state index contributed by atoms with van der Waals surface area (Å²) in [6, 6.07) is 20.5.